The maximum absolute atomic E-state index is 7.34. The largest absolute Gasteiger partial charge is 0.468 e. The number of rotatable bonds is 4. The van der Waals surface area contributed by atoms with E-state index in [0.717, 1.165) is 0 Å². The second-order valence-electron chi connectivity index (χ2n) is 3.26. The smallest absolute Gasteiger partial charge is 0.233 e. The fraction of sp³-hybridized carbons (Fsp3) is 0.0909. The van der Waals surface area contributed by atoms with Crippen LogP contribution in [-0.2, 0) is 6.61 Å². The average Bonchev–Trinajstić information content (AvgIpc) is 2.80. The summed E-state index contributed by atoms with van der Waals surface area (Å²) in [7, 11) is 0. The van der Waals surface area contributed by atoms with E-state index in [-0.39, 0.29) is 23.3 Å². The average molecular weight is 252 g/mol. The van der Waals surface area contributed by atoms with Crippen LogP contribution in [0.25, 0.3) is 0 Å². The van der Waals surface area contributed by atoms with Gasteiger partial charge in [-0.15, -0.1) is 0 Å². The van der Waals surface area contributed by atoms with Crippen LogP contribution >= 0.6 is 11.6 Å². The van der Waals surface area contributed by atoms with Crippen molar-refractivity contribution in [2.45, 2.75) is 6.61 Å². The number of nitrogen functional groups attached to an aromatic ring is 1. The van der Waals surface area contributed by atoms with Crippen molar-refractivity contribution in [3.8, 4) is 5.88 Å². The molecule has 2 rings (SSSR count). The molecule has 0 amide bonds. The number of nitrogens with zero attached hydrogens (tertiary/aromatic N) is 1. The van der Waals surface area contributed by atoms with Crippen molar-refractivity contribution < 1.29 is 9.15 Å². The predicted octanol–water partition coefficient (Wildman–Crippen LogP) is 2.19. The Hall–Kier alpha value is -2.01. The lowest BCUT2D eigenvalue weighted by Gasteiger charge is -2.07. The Bertz CT molecular complexity index is 526. The summed E-state index contributed by atoms with van der Waals surface area (Å²) < 4.78 is 10.5. The lowest BCUT2D eigenvalue weighted by Crippen LogP contribution is -2.12. The van der Waals surface area contributed by atoms with Gasteiger partial charge >= 0.3 is 0 Å². The maximum atomic E-state index is 7.34. The number of furan rings is 1. The van der Waals surface area contributed by atoms with Crippen LogP contribution in [0, 0.1) is 5.41 Å². The minimum atomic E-state index is -0.125. The van der Waals surface area contributed by atoms with Crippen LogP contribution in [0.5, 0.6) is 5.88 Å². The van der Waals surface area contributed by atoms with Gasteiger partial charge in [0.25, 0.3) is 0 Å². The molecule has 17 heavy (non-hydrogen) atoms. The Morgan fingerprint density at radius 2 is 2.35 bits per heavy atom. The van der Waals surface area contributed by atoms with Gasteiger partial charge in [0.05, 0.1) is 6.26 Å². The van der Waals surface area contributed by atoms with Crippen LogP contribution in [0.2, 0.25) is 5.02 Å². The number of nitrogens with two attached hydrogens (primary N) is 1. The molecule has 0 aromatic carbocycles. The summed E-state index contributed by atoms with van der Waals surface area (Å²) in [5.41, 5.74) is 5.77. The first-order valence-corrected chi connectivity index (χ1v) is 5.20. The van der Waals surface area contributed by atoms with Crippen molar-refractivity contribution in [3.63, 3.8) is 0 Å². The number of aromatic nitrogens is 1. The molecule has 0 aliphatic heterocycles. The van der Waals surface area contributed by atoms with E-state index in [1.165, 1.54) is 6.20 Å². The van der Waals surface area contributed by atoms with E-state index in [0.29, 0.717) is 11.3 Å². The summed E-state index contributed by atoms with van der Waals surface area (Å²) in [6.45, 7) is 0.223. The highest BCUT2D eigenvalue weighted by Crippen LogP contribution is 2.25. The normalized spacial score (nSPS) is 10.2. The van der Waals surface area contributed by atoms with Gasteiger partial charge in [0, 0.05) is 11.8 Å². The Balaban J connectivity index is 2.16. The second-order valence-corrected chi connectivity index (χ2v) is 3.64. The van der Waals surface area contributed by atoms with Gasteiger partial charge in [-0.3, -0.25) is 5.41 Å². The minimum absolute atomic E-state index is 0.125. The van der Waals surface area contributed by atoms with Crippen LogP contribution in [0.3, 0.4) is 0 Å². The molecule has 0 unspecified atom stereocenters. The molecule has 0 aliphatic rings. The molecule has 0 atom stereocenters. The lowest BCUT2D eigenvalue weighted by molar-refractivity contribution is 0.261. The Labute approximate surface area is 103 Å². The molecule has 0 spiro atoms. The van der Waals surface area contributed by atoms with Crippen LogP contribution < -0.4 is 10.5 Å². The van der Waals surface area contributed by atoms with Gasteiger partial charge in [0.2, 0.25) is 5.88 Å². The van der Waals surface area contributed by atoms with E-state index >= 15 is 0 Å². The summed E-state index contributed by atoms with van der Waals surface area (Å²) in [6, 6.07) is 5.10. The monoisotopic (exact) mass is 251 g/mol. The Morgan fingerprint density at radius 3 is 3.00 bits per heavy atom. The molecule has 2 heterocycles. The number of amidine groups is 1. The van der Waals surface area contributed by atoms with Gasteiger partial charge in [-0.1, -0.05) is 11.6 Å². The van der Waals surface area contributed by atoms with E-state index in [1.54, 1.807) is 24.5 Å². The standard InChI is InChI=1S/C11H10ClN3O2/c12-9-8(10(13)14)3-4-15-11(9)17-6-7-2-1-5-16-7/h1-5H,6H2,(H3,13,14). The van der Waals surface area contributed by atoms with Crippen LogP contribution in [0.15, 0.2) is 35.1 Å². The summed E-state index contributed by atoms with van der Waals surface area (Å²) in [6.07, 6.45) is 3.04. The van der Waals surface area contributed by atoms with Gasteiger partial charge in [-0.05, 0) is 18.2 Å². The van der Waals surface area contributed by atoms with E-state index in [1.807, 2.05) is 0 Å². The predicted molar refractivity (Wildman–Crippen MR) is 63.3 cm³/mol. The summed E-state index contributed by atoms with van der Waals surface area (Å²) >= 11 is 6.00. The fourth-order valence-corrected chi connectivity index (χ4v) is 1.54. The first-order valence-electron chi connectivity index (χ1n) is 4.82. The highest BCUT2D eigenvalue weighted by molar-refractivity contribution is 6.35. The fourth-order valence-electron chi connectivity index (χ4n) is 1.27. The molecule has 0 fully saturated rings. The minimum Gasteiger partial charge on any atom is -0.468 e. The molecule has 0 saturated heterocycles. The van der Waals surface area contributed by atoms with Crippen LogP contribution in [0.4, 0.5) is 0 Å². The molecule has 88 valence electrons. The topological polar surface area (TPSA) is 85.1 Å². The van der Waals surface area contributed by atoms with Crippen molar-refractivity contribution in [1.29, 1.82) is 5.41 Å². The van der Waals surface area contributed by atoms with Crippen molar-refractivity contribution in [2.24, 2.45) is 5.73 Å². The van der Waals surface area contributed by atoms with Gasteiger partial charge in [0.1, 0.15) is 23.2 Å². The van der Waals surface area contributed by atoms with E-state index in [4.69, 9.17) is 31.9 Å². The van der Waals surface area contributed by atoms with E-state index in [9.17, 15) is 0 Å². The summed E-state index contributed by atoms with van der Waals surface area (Å²) in [4.78, 5) is 3.97. The number of hydrogen-bond acceptors (Lipinski definition) is 4. The van der Waals surface area contributed by atoms with Gasteiger partial charge < -0.3 is 14.9 Å². The third kappa shape index (κ3) is 2.57. The lowest BCUT2D eigenvalue weighted by atomic mass is 10.2. The molecular weight excluding hydrogens is 242 g/mol. The van der Waals surface area contributed by atoms with E-state index < -0.39 is 0 Å². The first-order chi connectivity index (χ1) is 8.18. The maximum Gasteiger partial charge on any atom is 0.233 e. The first kappa shape index (κ1) is 11.5. The highest BCUT2D eigenvalue weighted by atomic mass is 35.5. The summed E-state index contributed by atoms with van der Waals surface area (Å²) in [5, 5.41) is 7.56. The second kappa shape index (κ2) is 4.88. The molecule has 0 aliphatic carbocycles. The number of hydrogen-bond donors (Lipinski definition) is 2. The van der Waals surface area contributed by atoms with Gasteiger partial charge in [-0.2, -0.15) is 0 Å². The number of halogens is 1. The SMILES string of the molecule is N=C(N)c1ccnc(OCc2ccco2)c1Cl. The Morgan fingerprint density at radius 1 is 1.53 bits per heavy atom. The number of ether oxygens (including phenoxy) is 1. The molecule has 5 nitrogen and oxygen atoms in total. The molecule has 2 aromatic heterocycles. The molecule has 0 radical (unpaired) electrons. The van der Waals surface area contributed by atoms with E-state index in [2.05, 4.69) is 4.98 Å². The highest BCUT2D eigenvalue weighted by Gasteiger charge is 2.11. The molecule has 6 heteroatoms. The number of nitrogens with one attached hydrogen (secondary N) is 1. The van der Waals surface area contributed by atoms with Crippen molar-refractivity contribution in [1.82, 2.24) is 4.98 Å². The zero-order chi connectivity index (χ0) is 12.3. The molecule has 2 aromatic rings. The molecular formula is C11H10ClN3O2. The molecule has 0 saturated carbocycles. The molecule has 3 N–H and O–H groups in total. The van der Waals surface area contributed by atoms with Crippen LogP contribution in [-0.4, -0.2) is 10.8 Å². The zero-order valence-electron chi connectivity index (χ0n) is 8.81. The number of pyridine rings is 1. The third-order valence-electron chi connectivity index (χ3n) is 2.08. The molecule has 0 bridgehead atoms. The Kier molecular flexibility index (Phi) is 3.30. The quantitative estimate of drug-likeness (QED) is 0.644. The third-order valence-corrected chi connectivity index (χ3v) is 2.44. The zero-order valence-corrected chi connectivity index (χ0v) is 9.57. The van der Waals surface area contributed by atoms with Crippen LogP contribution in [0.1, 0.15) is 11.3 Å². The van der Waals surface area contributed by atoms with Crippen molar-refractivity contribution in [2.75, 3.05) is 0 Å². The van der Waals surface area contributed by atoms with Gasteiger partial charge in [-0.25, -0.2) is 4.98 Å². The van der Waals surface area contributed by atoms with Crippen molar-refractivity contribution in [3.05, 3.63) is 47.0 Å². The summed E-state index contributed by atoms with van der Waals surface area (Å²) in [5.74, 6) is 0.770. The van der Waals surface area contributed by atoms with Crippen molar-refractivity contribution >= 4 is 17.4 Å². The van der Waals surface area contributed by atoms with Gasteiger partial charge in [0.15, 0.2) is 0 Å².